The SMILES string of the molecule is CSCC(C)n1c(SCC(=O)O)nc2cccnc21. The number of aliphatic carboxylic acids is 1. The highest BCUT2D eigenvalue weighted by atomic mass is 32.2. The van der Waals surface area contributed by atoms with Crippen LogP contribution in [0.3, 0.4) is 0 Å². The van der Waals surface area contributed by atoms with Crippen LogP contribution in [0.1, 0.15) is 13.0 Å². The molecule has 0 spiro atoms. The number of pyridine rings is 1. The molecule has 5 nitrogen and oxygen atoms in total. The first kappa shape index (κ1) is 14.2. The molecular weight excluding hydrogens is 282 g/mol. The van der Waals surface area contributed by atoms with Crippen LogP contribution in [0.2, 0.25) is 0 Å². The van der Waals surface area contributed by atoms with Crippen LogP contribution in [0.4, 0.5) is 0 Å². The maximum atomic E-state index is 10.7. The first-order valence-electron chi connectivity index (χ1n) is 5.80. The molecule has 0 bridgehead atoms. The predicted molar refractivity (Wildman–Crippen MR) is 79.0 cm³/mol. The van der Waals surface area contributed by atoms with Gasteiger partial charge in [-0.15, -0.1) is 0 Å². The van der Waals surface area contributed by atoms with Gasteiger partial charge in [-0.25, -0.2) is 9.97 Å². The van der Waals surface area contributed by atoms with Crippen molar-refractivity contribution in [3.05, 3.63) is 18.3 Å². The van der Waals surface area contributed by atoms with Crippen LogP contribution >= 0.6 is 23.5 Å². The number of carbonyl (C=O) groups is 1. The molecule has 0 radical (unpaired) electrons. The van der Waals surface area contributed by atoms with Crippen molar-refractivity contribution in [1.82, 2.24) is 14.5 Å². The van der Waals surface area contributed by atoms with E-state index < -0.39 is 5.97 Å². The van der Waals surface area contributed by atoms with E-state index in [9.17, 15) is 4.79 Å². The fraction of sp³-hybridized carbons (Fsp3) is 0.417. The second-order valence-corrected chi connectivity index (χ2v) is 5.95. The monoisotopic (exact) mass is 297 g/mol. The molecule has 1 N–H and O–H groups in total. The minimum atomic E-state index is -0.839. The van der Waals surface area contributed by atoms with E-state index in [0.29, 0.717) is 0 Å². The number of rotatable bonds is 6. The van der Waals surface area contributed by atoms with Gasteiger partial charge in [-0.05, 0) is 25.3 Å². The number of thioether (sulfide) groups is 2. The largest absolute Gasteiger partial charge is 0.481 e. The topological polar surface area (TPSA) is 68.0 Å². The third-order valence-corrected chi connectivity index (χ3v) is 4.34. The van der Waals surface area contributed by atoms with Gasteiger partial charge in [-0.2, -0.15) is 11.8 Å². The van der Waals surface area contributed by atoms with E-state index >= 15 is 0 Å². The summed E-state index contributed by atoms with van der Waals surface area (Å²) in [5.41, 5.74) is 1.63. The Hall–Kier alpha value is -1.21. The molecule has 0 saturated heterocycles. The molecule has 0 aromatic carbocycles. The van der Waals surface area contributed by atoms with E-state index in [0.717, 1.165) is 22.1 Å². The number of carboxylic acids is 1. The lowest BCUT2D eigenvalue weighted by molar-refractivity contribution is -0.133. The summed E-state index contributed by atoms with van der Waals surface area (Å²) in [6.45, 7) is 2.09. The Kier molecular flexibility index (Phi) is 4.71. The first-order valence-corrected chi connectivity index (χ1v) is 8.18. The van der Waals surface area contributed by atoms with Gasteiger partial charge in [0, 0.05) is 18.0 Å². The van der Waals surface area contributed by atoms with Crippen molar-refractivity contribution in [3.63, 3.8) is 0 Å². The maximum absolute atomic E-state index is 10.7. The van der Waals surface area contributed by atoms with Crippen molar-refractivity contribution >= 4 is 40.7 Å². The van der Waals surface area contributed by atoms with Crippen LogP contribution in [0.5, 0.6) is 0 Å². The Bertz CT molecular complexity index is 585. The summed E-state index contributed by atoms with van der Waals surface area (Å²) >= 11 is 2.99. The summed E-state index contributed by atoms with van der Waals surface area (Å²) in [4.78, 5) is 19.6. The quantitative estimate of drug-likeness (QED) is 0.826. The van der Waals surface area contributed by atoms with E-state index in [1.807, 2.05) is 23.0 Å². The molecule has 2 heterocycles. The summed E-state index contributed by atoms with van der Waals surface area (Å²) in [7, 11) is 0. The molecule has 7 heteroatoms. The third-order valence-electron chi connectivity index (χ3n) is 2.59. The number of fused-ring (bicyclic) bond motifs is 1. The molecule has 1 atom stereocenters. The highest BCUT2D eigenvalue weighted by Gasteiger charge is 2.17. The lowest BCUT2D eigenvalue weighted by Gasteiger charge is -2.15. The molecule has 1 unspecified atom stereocenters. The second-order valence-electron chi connectivity index (χ2n) is 4.10. The molecule has 0 aliphatic rings. The van der Waals surface area contributed by atoms with Crippen molar-refractivity contribution in [1.29, 1.82) is 0 Å². The van der Waals surface area contributed by atoms with Crippen LogP contribution in [-0.4, -0.2) is 43.4 Å². The zero-order chi connectivity index (χ0) is 13.8. The minimum Gasteiger partial charge on any atom is -0.481 e. The maximum Gasteiger partial charge on any atom is 0.313 e. The Morgan fingerprint density at radius 2 is 2.37 bits per heavy atom. The zero-order valence-corrected chi connectivity index (χ0v) is 12.4. The lowest BCUT2D eigenvalue weighted by atomic mass is 10.4. The summed E-state index contributed by atoms with van der Waals surface area (Å²) < 4.78 is 2.03. The van der Waals surface area contributed by atoms with Crippen LogP contribution in [0.15, 0.2) is 23.5 Å². The summed E-state index contributed by atoms with van der Waals surface area (Å²) in [5.74, 6) is 0.104. The summed E-state index contributed by atoms with van der Waals surface area (Å²) in [6.07, 6.45) is 3.78. The van der Waals surface area contributed by atoms with Gasteiger partial charge in [0.1, 0.15) is 5.52 Å². The summed E-state index contributed by atoms with van der Waals surface area (Å²) in [5, 5.41) is 9.52. The van der Waals surface area contributed by atoms with E-state index in [2.05, 4.69) is 16.9 Å². The number of hydrogen-bond donors (Lipinski definition) is 1. The van der Waals surface area contributed by atoms with Gasteiger partial charge < -0.3 is 5.11 Å². The molecule has 0 aliphatic heterocycles. The highest BCUT2D eigenvalue weighted by molar-refractivity contribution is 7.99. The van der Waals surface area contributed by atoms with Crippen molar-refractivity contribution in [2.75, 3.05) is 17.8 Å². The van der Waals surface area contributed by atoms with Gasteiger partial charge in [0.05, 0.1) is 5.75 Å². The van der Waals surface area contributed by atoms with E-state index in [1.54, 1.807) is 18.0 Å². The number of aromatic nitrogens is 3. The second kappa shape index (κ2) is 6.29. The molecule has 0 aliphatic carbocycles. The van der Waals surface area contributed by atoms with E-state index in [1.165, 1.54) is 11.8 Å². The highest BCUT2D eigenvalue weighted by Crippen LogP contribution is 2.27. The van der Waals surface area contributed by atoms with Gasteiger partial charge in [-0.1, -0.05) is 11.8 Å². The van der Waals surface area contributed by atoms with Gasteiger partial charge in [0.15, 0.2) is 10.8 Å². The van der Waals surface area contributed by atoms with Crippen molar-refractivity contribution in [3.8, 4) is 0 Å². The van der Waals surface area contributed by atoms with Gasteiger partial charge in [-0.3, -0.25) is 9.36 Å². The molecule has 2 aromatic rings. The van der Waals surface area contributed by atoms with Crippen molar-refractivity contribution in [2.24, 2.45) is 0 Å². The molecule has 0 saturated carbocycles. The molecule has 102 valence electrons. The molecule has 0 fully saturated rings. The molecule has 19 heavy (non-hydrogen) atoms. The van der Waals surface area contributed by atoms with E-state index in [4.69, 9.17) is 5.11 Å². The fourth-order valence-corrected chi connectivity index (χ4v) is 3.30. The van der Waals surface area contributed by atoms with Crippen LogP contribution in [0, 0.1) is 0 Å². The van der Waals surface area contributed by atoms with Crippen molar-refractivity contribution in [2.45, 2.75) is 18.1 Å². The third kappa shape index (κ3) is 3.22. The number of carboxylic acid groups (broad SMARTS) is 1. The number of nitrogens with zero attached hydrogens (tertiary/aromatic N) is 3. The van der Waals surface area contributed by atoms with Gasteiger partial charge in [0.2, 0.25) is 0 Å². The Balaban J connectivity index is 2.42. The fourth-order valence-electron chi connectivity index (χ4n) is 1.85. The average molecular weight is 297 g/mol. The molecule has 2 aromatic heterocycles. The van der Waals surface area contributed by atoms with Crippen LogP contribution in [0.25, 0.3) is 11.2 Å². The van der Waals surface area contributed by atoms with Gasteiger partial charge >= 0.3 is 5.97 Å². The average Bonchev–Trinajstić information content (AvgIpc) is 2.74. The Morgan fingerprint density at radius 1 is 1.58 bits per heavy atom. The first-order chi connectivity index (χ1) is 9.13. The normalized spacial score (nSPS) is 12.7. The van der Waals surface area contributed by atoms with E-state index in [-0.39, 0.29) is 11.8 Å². The van der Waals surface area contributed by atoms with Crippen molar-refractivity contribution < 1.29 is 9.90 Å². The summed E-state index contributed by atoms with van der Waals surface area (Å²) in [6, 6.07) is 3.96. The van der Waals surface area contributed by atoms with Crippen LogP contribution < -0.4 is 0 Å². The molecule has 2 rings (SSSR count). The number of imidazole rings is 1. The Morgan fingerprint density at radius 3 is 3.05 bits per heavy atom. The minimum absolute atomic E-state index is 0.00924. The molecular formula is C12H15N3O2S2. The number of hydrogen-bond acceptors (Lipinski definition) is 5. The smallest absolute Gasteiger partial charge is 0.313 e. The standard InChI is InChI=1S/C12H15N3O2S2/c1-8(6-18-2)15-11-9(4-3-5-13-11)14-12(15)19-7-10(16)17/h3-5,8H,6-7H2,1-2H3,(H,16,17). The molecule has 0 amide bonds. The van der Waals surface area contributed by atoms with Gasteiger partial charge in [0.25, 0.3) is 0 Å². The zero-order valence-electron chi connectivity index (χ0n) is 10.7. The van der Waals surface area contributed by atoms with Crippen LogP contribution in [-0.2, 0) is 4.79 Å². The lowest BCUT2D eigenvalue weighted by Crippen LogP contribution is -2.10. The Labute approximate surface area is 119 Å². The predicted octanol–water partition coefficient (Wildman–Crippen LogP) is 2.53.